The van der Waals surface area contributed by atoms with Gasteiger partial charge < -0.3 is 4.74 Å². The number of nitrogens with zero attached hydrogens (tertiary/aromatic N) is 1. The second-order valence-electron chi connectivity index (χ2n) is 4.75. The maximum atomic E-state index is 11.1. The molecule has 1 aromatic rings. The normalized spacial score (nSPS) is 16.8. The third-order valence-corrected chi connectivity index (χ3v) is 3.31. The van der Waals surface area contributed by atoms with Gasteiger partial charge in [0.25, 0.3) is 0 Å². The Morgan fingerprint density at radius 3 is 2.71 bits per heavy atom. The minimum absolute atomic E-state index is 0.0103. The lowest BCUT2D eigenvalue weighted by atomic mass is 9.90. The molecule has 0 unspecified atom stereocenters. The van der Waals surface area contributed by atoms with Crippen molar-refractivity contribution >= 4 is 5.78 Å². The number of Topliss-reactive ketones (excluding diaryl/α,β-unsaturated/α-hetero) is 1. The van der Waals surface area contributed by atoms with Crippen molar-refractivity contribution in [3.63, 3.8) is 0 Å². The van der Waals surface area contributed by atoms with E-state index >= 15 is 0 Å². The lowest BCUT2D eigenvalue weighted by Crippen LogP contribution is -2.15. The number of aromatic nitrogens is 1. The molecule has 1 aromatic heterocycles. The summed E-state index contributed by atoms with van der Waals surface area (Å²) >= 11 is 0. The number of hydrogen-bond acceptors (Lipinski definition) is 3. The molecule has 0 radical (unpaired) electrons. The molecule has 2 rings (SSSR count). The van der Waals surface area contributed by atoms with Gasteiger partial charge in [-0.15, -0.1) is 0 Å². The van der Waals surface area contributed by atoms with E-state index in [0.717, 1.165) is 12.4 Å². The zero-order valence-electron chi connectivity index (χ0n) is 10.3. The quantitative estimate of drug-likeness (QED) is 0.749. The first-order valence-electron chi connectivity index (χ1n) is 6.35. The summed E-state index contributed by atoms with van der Waals surface area (Å²) in [6.07, 6.45) is 8.22. The van der Waals surface area contributed by atoms with Crippen LogP contribution in [0.25, 0.3) is 0 Å². The third kappa shape index (κ3) is 3.55. The minimum atomic E-state index is -0.0103. The van der Waals surface area contributed by atoms with E-state index in [0.29, 0.717) is 11.6 Å². The van der Waals surface area contributed by atoms with Crippen molar-refractivity contribution in [2.24, 2.45) is 5.92 Å². The van der Waals surface area contributed by atoms with Crippen molar-refractivity contribution in [1.82, 2.24) is 4.98 Å². The molecule has 1 fully saturated rings. The van der Waals surface area contributed by atoms with Gasteiger partial charge in [-0.2, -0.15) is 0 Å². The lowest BCUT2D eigenvalue weighted by molar-refractivity contribution is 0.101. The minimum Gasteiger partial charge on any atom is -0.492 e. The Bertz CT molecular complexity index is 366. The van der Waals surface area contributed by atoms with Gasteiger partial charge in [-0.05, 0) is 30.9 Å². The maximum absolute atomic E-state index is 11.1. The smallest absolute Gasteiger partial charge is 0.178 e. The molecule has 0 spiro atoms. The van der Waals surface area contributed by atoms with Crippen molar-refractivity contribution in [3.8, 4) is 5.75 Å². The molecule has 17 heavy (non-hydrogen) atoms. The van der Waals surface area contributed by atoms with E-state index in [1.165, 1.54) is 39.0 Å². The van der Waals surface area contributed by atoms with Gasteiger partial charge in [0.1, 0.15) is 11.4 Å². The Balaban J connectivity index is 1.84. The van der Waals surface area contributed by atoms with E-state index in [-0.39, 0.29) is 5.78 Å². The van der Waals surface area contributed by atoms with E-state index in [4.69, 9.17) is 4.74 Å². The van der Waals surface area contributed by atoms with Gasteiger partial charge in [0.05, 0.1) is 12.8 Å². The average Bonchev–Trinajstić information content (AvgIpc) is 2.38. The highest BCUT2D eigenvalue weighted by atomic mass is 16.5. The van der Waals surface area contributed by atoms with Crippen molar-refractivity contribution in [1.29, 1.82) is 0 Å². The number of pyridine rings is 1. The molecule has 3 nitrogen and oxygen atoms in total. The van der Waals surface area contributed by atoms with Crippen molar-refractivity contribution in [3.05, 3.63) is 24.0 Å². The first kappa shape index (κ1) is 12.1. The van der Waals surface area contributed by atoms with Crippen LogP contribution >= 0.6 is 0 Å². The summed E-state index contributed by atoms with van der Waals surface area (Å²) in [7, 11) is 0. The largest absolute Gasteiger partial charge is 0.492 e. The second-order valence-corrected chi connectivity index (χ2v) is 4.75. The van der Waals surface area contributed by atoms with E-state index in [1.54, 1.807) is 12.3 Å². The number of rotatable bonds is 4. The van der Waals surface area contributed by atoms with Crippen LogP contribution in [0.3, 0.4) is 0 Å². The van der Waals surface area contributed by atoms with Crippen LogP contribution in [0, 0.1) is 5.92 Å². The van der Waals surface area contributed by atoms with E-state index in [9.17, 15) is 4.79 Å². The molecule has 0 saturated heterocycles. The van der Waals surface area contributed by atoms with Crippen LogP contribution in [-0.2, 0) is 0 Å². The first-order chi connectivity index (χ1) is 8.25. The molecule has 0 amide bonds. The molecule has 1 aliphatic rings. The molecule has 0 N–H and O–H groups in total. The van der Waals surface area contributed by atoms with Crippen LogP contribution in [0.4, 0.5) is 0 Å². The SMILES string of the molecule is CC(=O)c1ccc(OCC2CCCCC2)cn1. The van der Waals surface area contributed by atoms with Crippen molar-refractivity contribution < 1.29 is 9.53 Å². The molecule has 92 valence electrons. The van der Waals surface area contributed by atoms with Gasteiger partial charge in [0.15, 0.2) is 5.78 Å². The number of ketones is 1. The van der Waals surface area contributed by atoms with Crippen LogP contribution in [0.5, 0.6) is 5.75 Å². The maximum Gasteiger partial charge on any atom is 0.178 e. The van der Waals surface area contributed by atoms with E-state index in [2.05, 4.69) is 4.98 Å². The number of hydrogen-bond donors (Lipinski definition) is 0. The van der Waals surface area contributed by atoms with Crippen molar-refractivity contribution in [2.45, 2.75) is 39.0 Å². The summed E-state index contributed by atoms with van der Waals surface area (Å²) in [5.41, 5.74) is 0.495. The van der Waals surface area contributed by atoms with Gasteiger partial charge in [0.2, 0.25) is 0 Å². The van der Waals surface area contributed by atoms with Gasteiger partial charge in [-0.1, -0.05) is 19.3 Å². The van der Waals surface area contributed by atoms with Crippen LogP contribution in [0.15, 0.2) is 18.3 Å². The van der Waals surface area contributed by atoms with E-state index in [1.807, 2.05) is 6.07 Å². The molecular weight excluding hydrogens is 214 g/mol. The highest BCUT2D eigenvalue weighted by molar-refractivity contribution is 5.92. The number of carbonyl (C=O) groups excluding carboxylic acids is 1. The van der Waals surface area contributed by atoms with Crippen LogP contribution < -0.4 is 4.74 Å². The Morgan fingerprint density at radius 1 is 1.35 bits per heavy atom. The highest BCUT2D eigenvalue weighted by Gasteiger charge is 2.14. The molecule has 1 saturated carbocycles. The summed E-state index contributed by atoms with van der Waals surface area (Å²) in [5.74, 6) is 1.45. The fourth-order valence-electron chi connectivity index (χ4n) is 2.24. The topological polar surface area (TPSA) is 39.2 Å². The number of carbonyl (C=O) groups is 1. The Kier molecular flexibility index (Phi) is 4.13. The fraction of sp³-hybridized carbons (Fsp3) is 0.571. The first-order valence-corrected chi connectivity index (χ1v) is 6.35. The molecule has 0 atom stereocenters. The van der Waals surface area contributed by atoms with Crippen molar-refractivity contribution in [2.75, 3.05) is 6.61 Å². The van der Waals surface area contributed by atoms with Gasteiger partial charge in [-0.25, -0.2) is 4.98 Å². The predicted octanol–water partition coefficient (Wildman–Crippen LogP) is 3.24. The number of ether oxygens (including phenoxy) is 1. The summed E-state index contributed by atoms with van der Waals surface area (Å²) in [6, 6.07) is 3.55. The molecule has 1 heterocycles. The van der Waals surface area contributed by atoms with Crippen LogP contribution in [0.1, 0.15) is 49.5 Å². The van der Waals surface area contributed by atoms with Gasteiger partial charge >= 0.3 is 0 Å². The predicted molar refractivity (Wildman–Crippen MR) is 66.3 cm³/mol. The fourth-order valence-corrected chi connectivity index (χ4v) is 2.24. The zero-order chi connectivity index (χ0) is 12.1. The molecule has 0 aliphatic heterocycles. The zero-order valence-corrected chi connectivity index (χ0v) is 10.3. The summed E-state index contributed by atoms with van der Waals surface area (Å²) in [5, 5.41) is 0. The van der Waals surface area contributed by atoms with E-state index < -0.39 is 0 Å². The van der Waals surface area contributed by atoms with Crippen LogP contribution in [0.2, 0.25) is 0 Å². The third-order valence-electron chi connectivity index (χ3n) is 3.31. The molecule has 0 aromatic carbocycles. The monoisotopic (exact) mass is 233 g/mol. The molecule has 3 heteroatoms. The summed E-state index contributed by atoms with van der Waals surface area (Å²) in [6.45, 7) is 2.30. The van der Waals surface area contributed by atoms with Crippen LogP contribution in [-0.4, -0.2) is 17.4 Å². The van der Waals surface area contributed by atoms with Gasteiger partial charge in [0, 0.05) is 6.92 Å². The standard InChI is InChI=1S/C14H19NO2/c1-11(16)14-8-7-13(9-15-14)17-10-12-5-3-2-4-6-12/h7-9,12H,2-6,10H2,1H3. The molecule has 0 bridgehead atoms. The average molecular weight is 233 g/mol. The highest BCUT2D eigenvalue weighted by Crippen LogP contribution is 2.24. The Morgan fingerprint density at radius 2 is 2.12 bits per heavy atom. The summed E-state index contributed by atoms with van der Waals surface area (Å²) in [4.78, 5) is 15.1. The summed E-state index contributed by atoms with van der Waals surface area (Å²) < 4.78 is 5.71. The van der Waals surface area contributed by atoms with Gasteiger partial charge in [-0.3, -0.25) is 4.79 Å². The lowest BCUT2D eigenvalue weighted by Gasteiger charge is -2.21. The Hall–Kier alpha value is -1.38. The second kappa shape index (κ2) is 5.80. The molecule has 1 aliphatic carbocycles. The Labute approximate surface area is 102 Å². The molecular formula is C14H19NO2.